The molecular weight excluding hydrogens is 315 g/mol. The SMILES string of the molecule is O=C(NCCO)c1ccc(N2CC(S(=O)(=O)F)CC2=O)cc1. The van der Waals surface area contributed by atoms with Crippen LogP contribution in [0.25, 0.3) is 0 Å². The van der Waals surface area contributed by atoms with Gasteiger partial charge in [-0.3, -0.25) is 9.59 Å². The van der Waals surface area contributed by atoms with Crippen molar-refractivity contribution in [1.29, 1.82) is 0 Å². The van der Waals surface area contributed by atoms with Crippen molar-refractivity contribution in [3.8, 4) is 0 Å². The molecule has 0 aliphatic carbocycles. The first-order valence-electron chi connectivity index (χ1n) is 6.56. The molecule has 1 heterocycles. The highest BCUT2D eigenvalue weighted by molar-refractivity contribution is 7.87. The van der Waals surface area contributed by atoms with Crippen molar-refractivity contribution in [3.05, 3.63) is 29.8 Å². The number of hydrogen-bond donors (Lipinski definition) is 2. The Kier molecular flexibility index (Phi) is 4.77. The van der Waals surface area contributed by atoms with Crippen LogP contribution in [0.1, 0.15) is 16.8 Å². The Balaban J connectivity index is 2.11. The van der Waals surface area contributed by atoms with E-state index < -0.39 is 27.8 Å². The van der Waals surface area contributed by atoms with Gasteiger partial charge in [0.1, 0.15) is 5.25 Å². The van der Waals surface area contributed by atoms with Crippen LogP contribution in [-0.4, -0.2) is 50.3 Å². The fourth-order valence-electron chi connectivity index (χ4n) is 2.18. The van der Waals surface area contributed by atoms with Gasteiger partial charge in [0.2, 0.25) is 5.91 Å². The molecule has 1 saturated heterocycles. The number of aliphatic hydroxyl groups excluding tert-OH is 1. The number of amides is 2. The first kappa shape index (κ1) is 16.4. The Morgan fingerprint density at radius 3 is 2.50 bits per heavy atom. The largest absolute Gasteiger partial charge is 0.395 e. The minimum absolute atomic E-state index is 0.126. The zero-order valence-corrected chi connectivity index (χ0v) is 12.3. The van der Waals surface area contributed by atoms with Crippen molar-refractivity contribution in [2.75, 3.05) is 24.6 Å². The van der Waals surface area contributed by atoms with E-state index in [1.54, 1.807) is 0 Å². The summed E-state index contributed by atoms with van der Waals surface area (Å²) in [6.07, 6.45) is -0.391. The van der Waals surface area contributed by atoms with Crippen LogP contribution in [0.2, 0.25) is 0 Å². The number of aliphatic hydroxyl groups is 1. The molecule has 22 heavy (non-hydrogen) atoms. The smallest absolute Gasteiger partial charge is 0.307 e. The van der Waals surface area contributed by atoms with Gasteiger partial charge in [-0.25, -0.2) is 0 Å². The van der Waals surface area contributed by atoms with Crippen LogP contribution >= 0.6 is 0 Å². The molecular formula is C13H15FN2O5S. The molecule has 0 spiro atoms. The molecule has 1 atom stereocenters. The molecule has 1 aliphatic rings. The molecule has 0 aromatic heterocycles. The molecule has 0 radical (unpaired) electrons. The third-order valence-corrected chi connectivity index (χ3v) is 4.44. The van der Waals surface area contributed by atoms with Gasteiger partial charge in [0, 0.05) is 30.8 Å². The zero-order valence-electron chi connectivity index (χ0n) is 11.5. The highest BCUT2D eigenvalue weighted by Crippen LogP contribution is 2.26. The predicted molar refractivity (Wildman–Crippen MR) is 76.6 cm³/mol. The maximum Gasteiger partial charge on any atom is 0.307 e. The van der Waals surface area contributed by atoms with Gasteiger partial charge in [-0.15, -0.1) is 3.89 Å². The van der Waals surface area contributed by atoms with Gasteiger partial charge in [0.05, 0.1) is 6.61 Å². The van der Waals surface area contributed by atoms with Gasteiger partial charge in [-0.1, -0.05) is 0 Å². The van der Waals surface area contributed by atoms with Crippen LogP contribution in [-0.2, 0) is 15.0 Å². The molecule has 120 valence electrons. The van der Waals surface area contributed by atoms with Gasteiger partial charge >= 0.3 is 10.2 Å². The lowest BCUT2D eigenvalue weighted by Crippen LogP contribution is -2.28. The fourth-order valence-corrected chi connectivity index (χ4v) is 2.85. The molecule has 9 heteroatoms. The van der Waals surface area contributed by atoms with Gasteiger partial charge in [-0.05, 0) is 24.3 Å². The maximum absolute atomic E-state index is 13.0. The molecule has 0 saturated carbocycles. The van der Waals surface area contributed by atoms with E-state index in [0.717, 1.165) is 0 Å². The number of benzene rings is 1. The van der Waals surface area contributed by atoms with E-state index in [4.69, 9.17) is 5.11 Å². The van der Waals surface area contributed by atoms with Crippen molar-refractivity contribution in [2.24, 2.45) is 0 Å². The molecule has 7 nitrogen and oxygen atoms in total. The summed E-state index contributed by atoms with van der Waals surface area (Å²) in [6.45, 7) is -0.292. The third kappa shape index (κ3) is 3.60. The Morgan fingerprint density at radius 2 is 2.00 bits per heavy atom. The summed E-state index contributed by atoms with van der Waals surface area (Å²) in [5.41, 5.74) is 0.730. The van der Waals surface area contributed by atoms with E-state index in [0.29, 0.717) is 11.3 Å². The molecule has 1 aromatic carbocycles. The Labute approximate surface area is 126 Å². The van der Waals surface area contributed by atoms with Gasteiger partial charge < -0.3 is 15.3 Å². The van der Waals surface area contributed by atoms with Gasteiger partial charge in [0.25, 0.3) is 5.91 Å². The molecule has 1 unspecified atom stereocenters. The second kappa shape index (κ2) is 6.41. The first-order valence-corrected chi connectivity index (χ1v) is 8.00. The van der Waals surface area contributed by atoms with Crippen molar-refractivity contribution >= 4 is 27.7 Å². The number of hydrogen-bond acceptors (Lipinski definition) is 5. The predicted octanol–water partition coefficient (Wildman–Crippen LogP) is -0.187. The average molecular weight is 330 g/mol. The Morgan fingerprint density at radius 1 is 1.36 bits per heavy atom. The normalized spacial score (nSPS) is 18.5. The maximum atomic E-state index is 13.0. The van der Waals surface area contributed by atoms with Gasteiger partial charge in [0.15, 0.2) is 0 Å². The monoisotopic (exact) mass is 330 g/mol. The van der Waals surface area contributed by atoms with E-state index in [9.17, 15) is 21.9 Å². The standard InChI is InChI=1S/C13H15FN2O5S/c14-22(20,21)11-7-12(18)16(8-11)10-3-1-9(2-4-10)13(19)15-5-6-17/h1-4,11,17H,5-8H2,(H,15,19). The average Bonchev–Trinajstić information content (AvgIpc) is 2.87. The summed E-state index contributed by atoms with van der Waals surface area (Å²) in [7, 11) is -4.76. The van der Waals surface area contributed by atoms with E-state index in [-0.39, 0.29) is 25.6 Å². The summed E-state index contributed by atoms with van der Waals surface area (Å²) < 4.78 is 34.7. The second-order valence-corrected chi connectivity index (χ2v) is 6.45. The van der Waals surface area contributed by atoms with Gasteiger partial charge in [-0.2, -0.15) is 8.42 Å². The van der Waals surface area contributed by atoms with E-state index in [2.05, 4.69) is 5.32 Å². The lowest BCUT2D eigenvalue weighted by atomic mass is 10.2. The molecule has 2 rings (SSSR count). The minimum Gasteiger partial charge on any atom is -0.395 e. The third-order valence-electron chi connectivity index (χ3n) is 3.33. The van der Waals surface area contributed by atoms with E-state index >= 15 is 0 Å². The van der Waals surface area contributed by atoms with Crippen LogP contribution in [0.3, 0.4) is 0 Å². The Hall–Kier alpha value is -2.00. The molecule has 1 fully saturated rings. The van der Waals surface area contributed by atoms with Crippen LogP contribution in [0.5, 0.6) is 0 Å². The molecule has 2 amide bonds. The van der Waals surface area contributed by atoms with Crippen molar-refractivity contribution in [2.45, 2.75) is 11.7 Å². The van der Waals surface area contributed by atoms with Crippen molar-refractivity contribution < 1.29 is 27.0 Å². The summed E-state index contributed by atoms with van der Waals surface area (Å²) in [6, 6.07) is 5.90. The summed E-state index contributed by atoms with van der Waals surface area (Å²) in [4.78, 5) is 24.6. The molecule has 0 bridgehead atoms. The van der Waals surface area contributed by atoms with E-state index in [1.807, 2.05) is 0 Å². The molecule has 2 N–H and O–H groups in total. The minimum atomic E-state index is -4.76. The molecule has 1 aliphatic heterocycles. The summed E-state index contributed by atoms with van der Waals surface area (Å²) in [5.74, 6) is -0.860. The number of carbonyl (C=O) groups excluding carboxylic acids is 2. The number of carbonyl (C=O) groups is 2. The van der Waals surface area contributed by atoms with E-state index in [1.165, 1.54) is 29.2 Å². The number of rotatable bonds is 5. The number of halogens is 1. The number of anilines is 1. The van der Waals surface area contributed by atoms with Crippen LogP contribution in [0, 0.1) is 0 Å². The Bertz CT molecular complexity index is 674. The lowest BCUT2D eigenvalue weighted by molar-refractivity contribution is -0.117. The van der Waals surface area contributed by atoms with Crippen LogP contribution in [0.15, 0.2) is 24.3 Å². The fraction of sp³-hybridized carbons (Fsp3) is 0.385. The summed E-state index contributed by atoms with van der Waals surface area (Å²) in [5, 5.41) is 9.75. The summed E-state index contributed by atoms with van der Waals surface area (Å²) >= 11 is 0. The topological polar surface area (TPSA) is 104 Å². The second-order valence-electron chi connectivity index (χ2n) is 4.83. The first-order chi connectivity index (χ1) is 10.3. The zero-order chi connectivity index (χ0) is 16.3. The number of nitrogens with one attached hydrogen (secondary N) is 1. The van der Waals surface area contributed by atoms with Crippen LogP contribution in [0.4, 0.5) is 9.57 Å². The molecule has 1 aromatic rings. The van der Waals surface area contributed by atoms with Crippen molar-refractivity contribution in [3.63, 3.8) is 0 Å². The number of nitrogens with zero attached hydrogens (tertiary/aromatic N) is 1. The van der Waals surface area contributed by atoms with Crippen LogP contribution < -0.4 is 10.2 Å². The quantitative estimate of drug-likeness (QED) is 0.729. The highest BCUT2D eigenvalue weighted by atomic mass is 32.3. The van der Waals surface area contributed by atoms with Crippen molar-refractivity contribution in [1.82, 2.24) is 5.32 Å². The lowest BCUT2D eigenvalue weighted by Gasteiger charge is -2.16. The highest BCUT2D eigenvalue weighted by Gasteiger charge is 2.39.